The monoisotopic (exact) mass is 328 g/mol. The van der Waals surface area contributed by atoms with Crippen molar-refractivity contribution in [2.75, 3.05) is 17.6 Å². The first kappa shape index (κ1) is 17.4. The van der Waals surface area contributed by atoms with Crippen LogP contribution in [0, 0.1) is 0 Å². The van der Waals surface area contributed by atoms with E-state index in [4.69, 9.17) is 0 Å². The van der Waals surface area contributed by atoms with Crippen LogP contribution in [0.1, 0.15) is 25.5 Å². The second kappa shape index (κ2) is 8.06. The maximum Gasteiger partial charge on any atom is 0.219 e. The zero-order chi connectivity index (χ0) is 15.4. The Morgan fingerprint density at radius 2 is 2.00 bits per heavy atom. The molecule has 1 aliphatic rings. The van der Waals surface area contributed by atoms with E-state index < -0.39 is 0 Å². The van der Waals surface area contributed by atoms with Crippen LogP contribution in [0.3, 0.4) is 0 Å². The summed E-state index contributed by atoms with van der Waals surface area (Å²) in [7, 11) is 0. The van der Waals surface area contributed by atoms with E-state index in [1.165, 1.54) is 16.0 Å². The predicted molar refractivity (Wildman–Crippen MR) is 98.8 cm³/mol. The van der Waals surface area contributed by atoms with Gasteiger partial charge in [-0.3, -0.25) is 4.79 Å². The van der Waals surface area contributed by atoms with Crippen LogP contribution in [0.15, 0.2) is 53.4 Å². The van der Waals surface area contributed by atoms with E-state index in [9.17, 15) is 4.79 Å². The molecule has 2 aromatic carbocycles. The number of amides is 1. The fourth-order valence-corrected chi connectivity index (χ4v) is 3.58. The van der Waals surface area contributed by atoms with Gasteiger partial charge in [0.1, 0.15) is 0 Å². The minimum Gasteiger partial charge on any atom is -0.381 e. The highest BCUT2D eigenvalue weighted by atomic mass is 32.2. The normalized spacial score (nSPS) is 13.5. The number of carbonyl (C=O) groups excluding carboxylic acids is 1. The first-order valence-corrected chi connectivity index (χ1v) is 8.50. The molecule has 0 aliphatic carbocycles. The van der Waals surface area contributed by atoms with Crippen molar-refractivity contribution in [3.05, 3.63) is 59.7 Å². The average molecular weight is 328 g/mol. The van der Waals surface area contributed by atoms with E-state index in [1.54, 1.807) is 6.92 Å². The second-order valence-electron chi connectivity index (χ2n) is 5.45. The fraction of sp³-hybridized carbons (Fsp3) is 0.316. The Labute approximate surface area is 143 Å². The largest absolute Gasteiger partial charge is 0.381 e. The minimum absolute atomic E-state index is 0. The maximum atomic E-state index is 11.7. The molecule has 1 aliphatic heterocycles. The number of rotatable bonds is 3. The summed E-state index contributed by atoms with van der Waals surface area (Å²) < 4.78 is 0. The summed E-state index contributed by atoms with van der Waals surface area (Å²) in [5.74, 6) is 1.11. The third kappa shape index (κ3) is 4.52. The smallest absolute Gasteiger partial charge is 0.219 e. The minimum atomic E-state index is 0. The van der Waals surface area contributed by atoms with Crippen LogP contribution in [-0.4, -0.2) is 23.1 Å². The summed E-state index contributed by atoms with van der Waals surface area (Å²) in [4.78, 5) is 14.9. The summed E-state index contributed by atoms with van der Waals surface area (Å²) in [5, 5.41) is 3.46. The molecule has 1 heterocycles. The molecular weight excluding hydrogens is 304 g/mol. The summed E-state index contributed by atoms with van der Waals surface area (Å²) in [6.07, 6.45) is 0. The van der Waals surface area contributed by atoms with Gasteiger partial charge < -0.3 is 10.2 Å². The first-order valence-electron chi connectivity index (χ1n) is 7.51. The summed E-state index contributed by atoms with van der Waals surface area (Å²) in [5.41, 5.74) is 3.60. The quantitative estimate of drug-likeness (QED) is 0.907. The van der Waals surface area contributed by atoms with Crippen LogP contribution in [0.25, 0.3) is 0 Å². The van der Waals surface area contributed by atoms with Crippen LogP contribution < -0.4 is 5.32 Å². The maximum absolute atomic E-state index is 11.7. The van der Waals surface area contributed by atoms with Gasteiger partial charge in [-0.2, -0.15) is 0 Å². The molecule has 1 amide bonds. The molecule has 0 bridgehead atoms. The number of nitrogens with one attached hydrogen (secondary N) is 1. The molecule has 0 radical (unpaired) electrons. The Morgan fingerprint density at radius 3 is 2.74 bits per heavy atom. The Morgan fingerprint density at radius 1 is 1.22 bits per heavy atom. The van der Waals surface area contributed by atoms with E-state index in [-0.39, 0.29) is 13.3 Å². The highest BCUT2D eigenvalue weighted by Crippen LogP contribution is 2.29. The highest BCUT2D eigenvalue weighted by molar-refractivity contribution is 7.99. The van der Waals surface area contributed by atoms with E-state index in [0.717, 1.165) is 24.5 Å². The lowest BCUT2D eigenvalue weighted by molar-refractivity contribution is -0.129. The lowest BCUT2D eigenvalue weighted by Crippen LogP contribution is -2.29. The molecule has 0 saturated carbocycles. The van der Waals surface area contributed by atoms with Crippen molar-refractivity contribution in [3.8, 4) is 0 Å². The lowest BCUT2D eigenvalue weighted by Gasteiger charge is -2.18. The van der Waals surface area contributed by atoms with Gasteiger partial charge in [-0.1, -0.05) is 37.8 Å². The Balaban J connectivity index is 0.00000192. The number of carbonyl (C=O) groups is 1. The van der Waals surface area contributed by atoms with Crippen molar-refractivity contribution in [1.29, 1.82) is 0 Å². The van der Waals surface area contributed by atoms with Crippen molar-refractivity contribution in [3.63, 3.8) is 0 Å². The number of benzene rings is 2. The van der Waals surface area contributed by atoms with Gasteiger partial charge in [0.15, 0.2) is 0 Å². The van der Waals surface area contributed by atoms with E-state index in [2.05, 4.69) is 47.8 Å². The van der Waals surface area contributed by atoms with Gasteiger partial charge >= 0.3 is 0 Å². The molecule has 2 aromatic rings. The topological polar surface area (TPSA) is 32.3 Å². The summed E-state index contributed by atoms with van der Waals surface area (Å²) in [6.45, 7) is 3.98. The van der Waals surface area contributed by atoms with Gasteiger partial charge in [0.2, 0.25) is 5.91 Å². The number of thioether (sulfide) groups is 1. The Kier molecular flexibility index (Phi) is 6.11. The Bertz CT molecular complexity index is 658. The molecule has 0 spiro atoms. The zero-order valence-electron chi connectivity index (χ0n) is 12.7. The van der Waals surface area contributed by atoms with Crippen molar-refractivity contribution in [2.24, 2.45) is 0 Å². The van der Waals surface area contributed by atoms with Crippen LogP contribution in [0.5, 0.6) is 0 Å². The van der Waals surface area contributed by atoms with Gasteiger partial charge in [0, 0.05) is 42.9 Å². The van der Waals surface area contributed by atoms with Gasteiger partial charge in [-0.15, -0.1) is 11.8 Å². The molecule has 3 rings (SSSR count). The molecule has 0 atom stereocenters. The lowest BCUT2D eigenvalue weighted by atomic mass is 10.1. The molecule has 23 heavy (non-hydrogen) atoms. The first-order chi connectivity index (χ1) is 10.7. The highest BCUT2D eigenvalue weighted by Gasteiger charge is 2.16. The molecule has 4 heteroatoms. The predicted octanol–water partition coefficient (Wildman–Crippen LogP) is 4.39. The number of fused-ring (bicyclic) bond motifs is 1. The van der Waals surface area contributed by atoms with Crippen LogP contribution >= 0.6 is 11.8 Å². The molecule has 1 N–H and O–H groups in total. The third-order valence-electron chi connectivity index (χ3n) is 3.83. The van der Waals surface area contributed by atoms with Crippen molar-refractivity contribution in [1.82, 2.24) is 4.90 Å². The van der Waals surface area contributed by atoms with Gasteiger partial charge in [0.05, 0.1) is 0 Å². The molecule has 0 fully saturated rings. The molecule has 0 saturated heterocycles. The SMILES string of the molecule is C.CC(=O)N1CCSc2ccc(NCc3ccccc3)cc2C1. The third-order valence-corrected chi connectivity index (χ3v) is 4.92. The summed E-state index contributed by atoms with van der Waals surface area (Å²) in [6, 6.07) is 16.8. The van der Waals surface area contributed by atoms with Crippen LogP contribution in [0.2, 0.25) is 0 Å². The van der Waals surface area contributed by atoms with Gasteiger partial charge in [0.25, 0.3) is 0 Å². The fourth-order valence-electron chi connectivity index (χ4n) is 2.57. The number of anilines is 1. The number of nitrogens with zero attached hydrogens (tertiary/aromatic N) is 1. The van der Waals surface area contributed by atoms with E-state index in [0.29, 0.717) is 6.54 Å². The van der Waals surface area contributed by atoms with E-state index >= 15 is 0 Å². The second-order valence-corrected chi connectivity index (χ2v) is 6.59. The summed E-state index contributed by atoms with van der Waals surface area (Å²) >= 11 is 1.83. The van der Waals surface area contributed by atoms with E-state index in [1.807, 2.05) is 22.7 Å². The number of hydrogen-bond acceptors (Lipinski definition) is 3. The van der Waals surface area contributed by atoms with Crippen molar-refractivity contribution >= 4 is 23.4 Å². The number of hydrogen-bond donors (Lipinski definition) is 1. The Hall–Kier alpha value is -1.94. The van der Waals surface area contributed by atoms with Gasteiger partial charge in [-0.05, 0) is 29.3 Å². The van der Waals surface area contributed by atoms with Crippen LogP contribution in [-0.2, 0) is 17.9 Å². The van der Waals surface area contributed by atoms with Crippen molar-refractivity contribution < 1.29 is 4.79 Å². The zero-order valence-corrected chi connectivity index (χ0v) is 13.5. The average Bonchev–Trinajstić information content (AvgIpc) is 2.76. The van der Waals surface area contributed by atoms with Crippen LogP contribution in [0.4, 0.5) is 5.69 Å². The van der Waals surface area contributed by atoms with Crippen molar-refractivity contribution in [2.45, 2.75) is 32.3 Å². The molecule has 0 aromatic heterocycles. The molecule has 3 nitrogen and oxygen atoms in total. The standard InChI is InChI=1S/C18H20N2OS.CH4/c1-14(21)20-9-10-22-18-8-7-17(11-16(18)13-20)19-12-15-5-3-2-4-6-15;/h2-8,11,19H,9-10,12-13H2,1H3;1H4. The molecule has 122 valence electrons. The van der Waals surface area contributed by atoms with Gasteiger partial charge in [-0.25, -0.2) is 0 Å². The molecule has 0 unspecified atom stereocenters. The molecular formula is C19H24N2OS.